The van der Waals surface area contributed by atoms with Gasteiger partial charge in [0.15, 0.2) is 0 Å². The second-order valence-corrected chi connectivity index (χ2v) is 3.99. The van der Waals surface area contributed by atoms with Gasteiger partial charge in [0.25, 0.3) is 11.6 Å². The minimum atomic E-state index is 0.874. The third-order valence-electron chi connectivity index (χ3n) is 3.10. The molecule has 0 fully saturated rings. The molecule has 0 N–H and O–H groups in total. The van der Waals surface area contributed by atoms with Crippen LogP contribution in [0.25, 0.3) is 0 Å². The molecule has 4 nitrogen and oxygen atoms in total. The van der Waals surface area contributed by atoms with Crippen LogP contribution in [0.2, 0.25) is 0 Å². The summed E-state index contributed by atoms with van der Waals surface area (Å²) >= 11 is 0. The number of nitrogens with zero attached hydrogens (tertiary/aromatic N) is 4. The lowest BCUT2D eigenvalue weighted by Crippen LogP contribution is -2.32. The quantitative estimate of drug-likeness (QED) is 0.619. The summed E-state index contributed by atoms with van der Waals surface area (Å²) in [6.07, 6.45) is 8.37. The minimum absolute atomic E-state index is 0.874. The van der Waals surface area contributed by atoms with Gasteiger partial charge < -0.3 is 0 Å². The van der Waals surface area contributed by atoms with Crippen LogP contribution in [-0.4, -0.2) is 9.13 Å². The van der Waals surface area contributed by atoms with E-state index in [0.717, 1.165) is 6.67 Å². The van der Waals surface area contributed by atoms with Crippen LogP contribution in [-0.2, 0) is 20.8 Å². The van der Waals surface area contributed by atoms with Gasteiger partial charge in [0.2, 0.25) is 6.67 Å². The number of aromatic nitrogens is 4. The molecule has 0 bridgehead atoms. The Labute approximate surface area is 90.0 Å². The van der Waals surface area contributed by atoms with Gasteiger partial charge in [0.1, 0.15) is 24.8 Å². The first kappa shape index (κ1) is 9.96. The molecule has 15 heavy (non-hydrogen) atoms. The third-order valence-corrected chi connectivity index (χ3v) is 3.10. The fraction of sp³-hybridized carbons (Fsp3) is 0.455. The standard InChI is InChI=1S/C11H18N4/c1-10-12(3)5-7-14(10)9-15-8-6-13(4)11(15)2/h5-8H,9H2,1-4H3/q+2. The molecule has 0 radical (unpaired) electrons. The molecule has 0 spiro atoms. The molecule has 2 heterocycles. The van der Waals surface area contributed by atoms with Gasteiger partial charge in [0, 0.05) is 13.8 Å². The Kier molecular flexibility index (Phi) is 2.34. The molecule has 0 saturated heterocycles. The summed E-state index contributed by atoms with van der Waals surface area (Å²) in [5, 5.41) is 0. The monoisotopic (exact) mass is 206 g/mol. The van der Waals surface area contributed by atoms with Gasteiger partial charge in [-0.1, -0.05) is 0 Å². The maximum atomic E-state index is 2.23. The van der Waals surface area contributed by atoms with Crippen LogP contribution in [0, 0.1) is 13.8 Å². The van der Waals surface area contributed by atoms with Gasteiger partial charge in [-0.25, -0.2) is 9.13 Å². The Morgan fingerprint density at radius 1 is 0.933 bits per heavy atom. The van der Waals surface area contributed by atoms with E-state index >= 15 is 0 Å². The summed E-state index contributed by atoms with van der Waals surface area (Å²) in [7, 11) is 4.13. The largest absolute Gasteiger partial charge is 0.256 e. The van der Waals surface area contributed by atoms with Gasteiger partial charge >= 0.3 is 0 Å². The first-order valence-electron chi connectivity index (χ1n) is 5.12. The number of hydrogen-bond donors (Lipinski definition) is 0. The maximum Gasteiger partial charge on any atom is 0.256 e. The molecule has 0 aliphatic carbocycles. The van der Waals surface area contributed by atoms with Crippen molar-refractivity contribution in [2.75, 3.05) is 0 Å². The minimum Gasteiger partial charge on any atom is -0.237 e. The van der Waals surface area contributed by atoms with E-state index in [1.807, 2.05) is 0 Å². The molecule has 0 amide bonds. The molecule has 0 aliphatic heterocycles. The highest BCUT2D eigenvalue weighted by molar-refractivity contribution is 4.84. The molecule has 2 rings (SSSR count). The third kappa shape index (κ3) is 1.67. The summed E-state index contributed by atoms with van der Waals surface area (Å²) in [4.78, 5) is 0. The predicted octanol–water partition coefficient (Wildman–Crippen LogP) is 0.0612. The van der Waals surface area contributed by atoms with Crippen LogP contribution < -0.4 is 9.13 Å². The zero-order chi connectivity index (χ0) is 11.0. The zero-order valence-corrected chi connectivity index (χ0v) is 9.81. The number of rotatable bonds is 2. The molecule has 2 aromatic heterocycles. The second kappa shape index (κ2) is 3.53. The van der Waals surface area contributed by atoms with E-state index < -0.39 is 0 Å². The average molecular weight is 206 g/mol. The Bertz CT molecular complexity index is 434. The predicted molar refractivity (Wildman–Crippen MR) is 56.1 cm³/mol. The fourth-order valence-electron chi connectivity index (χ4n) is 1.66. The topological polar surface area (TPSA) is 17.6 Å². The lowest BCUT2D eigenvalue weighted by atomic mass is 10.6. The fourth-order valence-corrected chi connectivity index (χ4v) is 1.66. The normalized spacial score (nSPS) is 10.9. The summed E-state index contributed by atoms with van der Waals surface area (Å²) < 4.78 is 8.71. The van der Waals surface area contributed by atoms with E-state index in [9.17, 15) is 0 Å². The Balaban J connectivity index is 2.29. The van der Waals surface area contributed by atoms with Crippen molar-refractivity contribution in [1.29, 1.82) is 0 Å². The molecule has 0 saturated carbocycles. The van der Waals surface area contributed by atoms with Crippen molar-refractivity contribution < 1.29 is 9.13 Å². The summed E-state index contributed by atoms with van der Waals surface area (Å²) in [6, 6.07) is 0. The molecule has 0 aliphatic rings. The highest BCUT2D eigenvalue weighted by atomic mass is 15.3. The van der Waals surface area contributed by atoms with Crippen LogP contribution in [0.15, 0.2) is 24.8 Å². The van der Waals surface area contributed by atoms with E-state index in [0.29, 0.717) is 0 Å². The molecular formula is C11H18N4+2. The van der Waals surface area contributed by atoms with Crippen molar-refractivity contribution in [2.45, 2.75) is 20.5 Å². The van der Waals surface area contributed by atoms with Crippen LogP contribution in [0.3, 0.4) is 0 Å². The van der Waals surface area contributed by atoms with Gasteiger partial charge in [-0.2, -0.15) is 9.13 Å². The van der Waals surface area contributed by atoms with Crippen molar-refractivity contribution in [3.63, 3.8) is 0 Å². The molecule has 0 unspecified atom stereocenters. The molecule has 2 aromatic rings. The van der Waals surface area contributed by atoms with Gasteiger partial charge in [0.05, 0.1) is 14.1 Å². The Hall–Kier alpha value is -1.58. The van der Waals surface area contributed by atoms with Crippen LogP contribution >= 0.6 is 0 Å². The van der Waals surface area contributed by atoms with Crippen molar-refractivity contribution in [1.82, 2.24) is 9.13 Å². The SMILES string of the molecule is Cc1n(Cn2cc[n+](C)c2C)cc[n+]1C. The molecule has 80 valence electrons. The van der Waals surface area contributed by atoms with E-state index in [2.05, 4.69) is 71.0 Å². The van der Waals surface area contributed by atoms with Crippen molar-refractivity contribution in [3.8, 4) is 0 Å². The lowest BCUT2D eigenvalue weighted by Gasteiger charge is -1.97. The summed E-state index contributed by atoms with van der Waals surface area (Å²) in [5.41, 5.74) is 0. The highest BCUT2D eigenvalue weighted by Crippen LogP contribution is 1.97. The van der Waals surface area contributed by atoms with E-state index in [1.165, 1.54) is 11.6 Å². The van der Waals surface area contributed by atoms with E-state index in [1.54, 1.807) is 0 Å². The smallest absolute Gasteiger partial charge is 0.237 e. The molecular weight excluding hydrogens is 188 g/mol. The number of imidazole rings is 2. The van der Waals surface area contributed by atoms with Crippen LogP contribution in [0.4, 0.5) is 0 Å². The van der Waals surface area contributed by atoms with Crippen molar-refractivity contribution in [2.24, 2.45) is 14.1 Å². The van der Waals surface area contributed by atoms with Gasteiger partial charge in [-0.3, -0.25) is 0 Å². The maximum absolute atomic E-state index is 2.23. The molecule has 0 atom stereocenters. The number of hydrogen-bond acceptors (Lipinski definition) is 0. The van der Waals surface area contributed by atoms with Gasteiger partial charge in [-0.05, 0) is 0 Å². The molecule has 0 aromatic carbocycles. The van der Waals surface area contributed by atoms with E-state index in [4.69, 9.17) is 0 Å². The molecule has 4 heteroatoms. The van der Waals surface area contributed by atoms with Crippen LogP contribution in [0.5, 0.6) is 0 Å². The lowest BCUT2D eigenvalue weighted by molar-refractivity contribution is -0.678. The highest BCUT2D eigenvalue weighted by Gasteiger charge is 2.14. The van der Waals surface area contributed by atoms with Crippen molar-refractivity contribution >= 4 is 0 Å². The Morgan fingerprint density at radius 2 is 1.33 bits per heavy atom. The summed E-state index contributed by atoms with van der Waals surface area (Å²) in [5.74, 6) is 2.51. The first-order chi connectivity index (χ1) is 7.09. The first-order valence-corrected chi connectivity index (χ1v) is 5.12. The van der Waals surface area contributed by atoms with Crippen molar-refractivity contribution in [3.05, 3.63) is 36.4 Å². The number of aryl methyl sites for hydroxylation is 2. The zero-order valence-electron chi connectivity index (χ0n) is 9.81. The van der Waals surface area contributed by atoms with E-state index in [-0.39, 0.29) is 0 Å². The van der Waals surface area contributed by atoms with Crippen LogP contribution in [0.1, 0.15) is 11.6 Å². The summed E-state index contributed by atoms with van der Waals surface area (Å²) in [6.45, 7) is 5.12. The Morgan fingerprint density at radius 3 is 1.60 bits per heavy atom. The van der Waals surface area contributed by atoms with Gasteiger partial charge in [-0.15, -0.1) is 0 Å². The second-order valence-electron chi connectivity index (χ2n) is 3.99. The average Bonchev–Trinajstić information content (AvgIpc) is 2.68.